The van der Waals surface area contributed by atoms with Gasteiger partial charge < -0.3 is 10.6 Å². The van der Waals surface area contributed by atoms with Gasteiger partial charge in [-0.3, -0.25) is 14.4 Å². The van der Waals surface area contributed by atoms with Crippen molar-refractivity contribution in [2.24, 2.45) is 0 Å². The Morgan fingerprint density at radius 1 is 0.865 bits per heavy atom. The van der Waals surface area contributed by atoms with Gasteiger partial charge in [-0.1, -0.05) is 40.9 Å². The van der Waals surface area contributed by atoms with Crippen LogP contribution in [0.1, 0.15) is 21.5 Å². The van der Waals surface area contributed by atoms with E-state index in [1.54, 1.807) is 19.1 Å². The van der Waals surface area contributed by atoms with Crippen LogP contribution in [0.5, 0.6) is 0 Å². The number of anilines is 3. The second-order valence-electron chi connectivity index (χ2n) is 7.92. The number of imide groups is 1. The lowest BCUT2D eigenvalue weighted by molar-refractivity contribution is -0.137. The molecule has 0 saturated heterocycles. The fourth-order valence-electron chi connectivity index (χ4n) is 3.41. The Balaban J connectivity index is 1.49. The van der Waals surface area contributed by atoms with Crippen molar-refractivity contribution in [1.82, 2.24) is 0 Å². The zero-order valence-electron chi connectivity index (χ0n) is 18.7. The molecule has 0 bridgehead atoms. The molecule has 0 atom stereocenters. The van der Waals surface area contributed by atoms with E-state index in [2.05, 4.69) is 10.6 Å². The van der Waals surface area contributed by atoms with Crippen LogP contribution in [0, 0.1) is 6.92 Å². The van der Waals surface area contributed by atoms with E-state index in [4.69, 9.17) is 34.8 Å². The van der Waals surface area contributed by atoms with E-state index in [1.165, 1.54) is 30.3 Å². The van der Waals surface area contributed by atoms with Gasteiger partial charge in [0.1, 0.15) is 10.7 Å². The first kappa shape index (κ1) is 26.5. The highest BCUT2D eigenvalue weighted by Crippen LogP contribution is 2.35. The summed E-state index contributed by atoms with van der Waals surface area (Å²) >= 11 is 18.2. The monoisotopic (exact) mass is 567 g/mol. The Hall–Kier alpha value is -3.53. The molecule has 0 unspecified atom stereocenters. The second-order valence-corrected chi connectivity index (χ2v) is 9.11. The molecule has 37 heavy (non-hydrogen) atoms. The number of alkyl halides is 3. The third kappa shape index (κ3) is 5.44. The number of hydrogen-bond donors (Lipinski definition) is 2. The fraction of sp³-hybridized carbons (Fsp3) is 0.0800. The predicted octanol–water partition coefficient (Wildman–Crippen LogP) is 7.01. The van der Waals surface area contributed by atoms with Crippen molar-refractivity contribution in [3.8, 4) is 0 Å². The second kappa shape index (κ2) is 10.1. The molecule has 3 amide bonds. The molecule has 3 aromatic carbocycles. The molecule has 0 aliphatic carbocycles. The highest BCUT2D eigenvalue weighted by molar-refractivity contribution is 6.53. The minimum atomic E-state index is -4.60. The highest BCUT2D eigenvalue weighted by atomic mass is 35.5. The molecular weight excluding hydrogens is 554 g/mol. The third-order valence-corrected chi connectivity index (χ3v) is 6.49. The van der Waals surface area contributed by atoms with Gasteiger partial charge in [-0.15, -0.1) is 0 Å². The number of amides is 3. The van der Waals surface area contributed by atoms with Gasteiger partial charge in [-0.05, 0) is 67.1 Å². The fourth-order valence-corrected chi connectivity index (χ4v) is 3.96. The van der Waals surface area contributed by atoms with Crippen molar-refractivity contribution in [1.29, 1.82) is 0 Å². The Labute approximate surface area is 223 Å². The van der Waals surface area contributed by atoms with E-state index in [0.29, 0.717) is 10.7 Å². The van der Waals surface area contributed by atoms with Gasteiger partial charge in [-0.2, -0.15) is 13.2 Å². The standard InChI is InChI=1S/C25H15Cl3F3N3O3/c1-12-2-8-16(11-18(12)27)34-23(36)20(28)21(24(34)37)32-15-6-3-13(4-7-15)22(35)33-19-10-14(25(29,30)31)5-9-17(19)26/h2-11,32H,1H3,(H,33,35). The number of carbonyl (C=O) groups excluding carboxylic acids is 3. The van der Waals surface area contributed by atoms with Crippen LogP contribution in [0.3, 0.4) is 0 Å². The summed E-state index contributed by atoms with van der Waals surface area (Å²) in [4.78, 5) is 39.0. The van der Waals surface area contributed by atoms with Crippen molar-refractivity contribution in [3.63, 3.8) is 0 Å². The summed E-state index contributed by atoms with van der Waals surface area (Å²) in [6.07, 6.45) is -4.60. The lowest BCUT2D eigenvalue weighted by Crippen LogP contribution is -2.32. The normalized spacial score (nSPS) is 13.9. The summed E-state index contributed by atoms with van der Waals surface area (Å²) in [5.74, 6) is -2.14. The van der Waals surface area contributed by atoms with E-state index >= 15 is 0 Å². The van der Waals surface area contributed by atoms with E-state index in [0.717, 1.165) is 28.7 Å². The van der Waals surface area contributed by atoms with Gasteiger partial charge >= 0.3 is 6.18 Å². The van der Waals surface area contributed by atoms with Gasteiger partial charge in [0.15, 0.2) is 0 Å². The number of hydrogen-bond acceptors (Lipinski definition) is 4. The van der Waals surface area contributed by atoms with Crippen molar-refractivity contribution in [3.05, 3.63) is 98.1 Å². The molecule has 0 saturated carbocycles. The topological polar surface area (TPSA) is 78.5 Å². The Bertz CT molecular complexity index is 1470. The van der Waals surface area contributed by atoms with Crippen molar-refractivity contribution < 1.29 is 27.6 Å². The number of nitrogens with one attached hydrogen (secondary N) is 2. The first-order valence-electron chi connectivity index (χ1n) is 10.5. The average Bonchev–Trinajstić information content (AvgIpc) is 3.05. The van der Waals surface area contributed by atoms with Gasteiger partial charge in [0.25, 0.3) is 17.7 Å². The van der Waals surface area contributed by atoms with E-state index in [9.17, 15) is 27.6 Å². The van der Waals surface area contributed by atoms with Crippen LogP contribution in [-0.2, 0) is 15.8 Å². The smallest absolute Gasteiger partial charge is 0.350 e. The van der Waals surface area contributed by atoms with Gasteiger partial charge in [-0.25, -0.2) is 4.90 Å². The molecule has 1 heterocycles. The van der Waals surface area contributed by atoms with Crippen molar-refractivity contribution in [2.75, 3.05) is 15.5 Å². The largest absolute Gasteiger partial charge is 0.416 e. The molecule has 190 valence electrons. The lowest BCUT2D eigenvalue weighted by Gasteiger charge is -2.16. The number of benzene rings is 3. The van der Waals surface area contributed by atoms with Gasteiger partial charge in [0.05, 0.1) is 22.0 Å². The van der Waals surface area contributed by atoms with Crippen LogP contribution in [0.2, 0.25) is 10.0 Å². The summed E-state index contributed by atoms with van der Waals surface area (Å²) in [6.45, 7) is 1.77. The molecule has 3 aromatic rings. The maximum Gasteiger partial charge on any atom is 0.416 e. The minimum absolute atomic E-state index is 0.0648. The predicted molar refractivity (Wildman–Crippen MR) is 136 cm³/mol. The molecule has 1 aliphatic rings. The molecule has 1 aliphatic heterocycles. The van der Waals surface area contributed by atoms with Crippen LogP contribution < -0.4 is 15.5 Å². The summed E-state index contributed by atoms with van der Waals surface area (Å²) in [5.41, 5.74) is 0.107. The average molecular weight is 569 g/mol. The summed E-state index contributed by atoms with van der Waals surface area (Å²) in [5, 5.41) is 5.09. The maximum atomic E-state index is 13.0. The Kier molecular flexibility index (Phi) is 7.23. The molecule has 0 fully saturated rings. The summed E-state index contributed by atoms with van der Waals surface area (Å²) in [6, 6.07) is 12.9. The van der Waals surface area contributed by atoms with Crippen LogP contribution >= 0.6 is 34.8 Å². The first-order chi connectivity index (χ1) is 17.4. The number of rotatable bonds is 5. The maximum absolute atomic E-state index is 13.0. The van der Waals surface area contributed by atoms with Crippen molar-refractivity contribution in [2.45, 2.75) is 13.1 Å². The Morgan fingerprint density at radius 2 is 1.54 bits per heavy atom. The van der Waals surface area contributed by atoms with E-state index < -0.39 is 29.5 Å². The molecule has 6 nitrogen and oxygen atoms in total. The quantitative estimate of drug-likeness (QED) is 0.325. The van der Waals surface area contributed by atoms with Gasteiger partial charge in [0, 0.05) is 16.3 Å². The van der Waals surface area contributed by atoms with Crippen LogP contribution in [0.4, 0.5) is 30.2 Å². The molecule has 0 radical (unpaired) electrons. The van der Waals surface area contributed by atoms with E-state index in [1.807, 2.05) is 0 Å². The zero-order chi connectivity index (χ0) is 27.1. The molecule has 4 rings (SSSR count). The SMILES string of the molecule is Cc1ccc(N2C(=O)C(Cl)=C(Nc3ccc(C(=O)Nc4cc(C(F)(F)F)ccc4Cl)cc3)C2=O)cc1Cl. The molecule has 0 spiro atoms. The van der Waals surface area contributed by atoms with E-state index in [-0.39, 0.29) is 32.7 Å². The first-order valence-corrected chi connectivity index (χ1v) is 11.6. The highest BCUT2D eigenvalue weighted by Gasteiger charge is 2.39. The van der Waals surface area contributed by atoms with Crippen LogP contribution in [0.25, 0.3) is 0 Å². The van der Waals surface area contributed by atoms with Crippen molar-refractivity contribution >= 4 is 69.6 Å². The number of halogens is 6. The third-order valence-electron chi connectivity index (χ3n) is 5.40. The molecule has 0 aromatic heterocycles. The molecule has 2 N–H and O–H groups in total. The molecule has 12 heteroatoms. The van der Waals surface area contributed by atoms with Crippen LogP contribution in [0.15, 0.2) is 71.4 Å². The minimum Gasteiger partial charge on any atom is -0.350 e. The zero-order valence-corrected chi connectivity index (χ0v) is 21.0. The lowest BCUT2D eigenvalue weighted by atomic mass is 10.1. The number of aryl methyl sites for hydroxylation is 1. The summed E-state index contributed by atoms with van der Waals surface area (Å²) in [7, 11) is 0. The molecular formula is C25H15Cl3F3N3O3. The Morgan fingerprint density at radius 3 is 2.16 bits per heavy atom. The van der Waals surface area contributed by atoms with Crippen LogP contribution in [-0.4, -0.2) is 17.7 Å². The number of nitrogens with zero attached hydrogens (tertiary/aromatic N) is 1. The summed E-state index contributed by atoms with van der Waals surface area (Å²) < 4.78 is 38.9. The van der Waals surface area contributed by atoms with Gasteiger partial charge in [0.2, 0.25) is 0 Å². The number of carbonyl (C=O) groups is 3.